The minimum absolute atomic E-state index is 0. The van der Waals surface area contributed by atoms with E-state index in [4.69, 9.17) is 19.2 Å². The smallest absolute Gasteiger partial charge is 0.191 e. The molecule has 0 saturated carbocycles. The van der Waals surface area contributed by atoms with Crippen molar-refractivity contribution in [3.63, 3.8) is 0 Å². The van der Waals surface area contributed by atoms with E-state index in [1.54, 1.807) is 7.11 Å². The topological polar surface area (TPSA) is 64.1 Å². The number of methoxy groups -OCH3 is 1. The zero-order valence-corrected chi connectivity index (χ0v) is 21.1. The van der Waals surface area contributed by atoms with Crippen LogP contribution in [0.2, 0.25) is 0 Å². The van der Waals surface area contributed by atoms with Crippen LogP contribution in [0.4, 0.5) is 0 Å². The molecule has 7 heteroatoms. The van der Waals surface area contributed by atoms with E-state index < -0.39 is 0 Å². The Morgan fingerprint density at radius 1 is 1.10 bits per heavy atom. The Hall–Kier alpha value is -1.06. The maximum atomic E-state index is 6.09. The number of nitrogens with zero attached hydrogens (tertiary/aromatic N) is 1. The van der Waals surface area contributed by atoms with E-state index in [2.05, 4.69) is 56.5 Å². The number of halogens is 1. The summed E-state index contributed by atoms with van der Waals surface area (Å²) in [7, 11) is 1.69. The molecule has 0 radical (unpaired) electrons. The lowest BCUT2D eigenvalue weighted by atomic mass is 10.1. The van der Waals surface area contributed by atoms with Crippen molar-refractivity contribution in [2.24, 2.45) is 4.99 Å². The van der Waals surface area contributed by atoms with Gasteiger partial charge < -0.3 is 24.8 Å². The van der Waals surface area contributed by atoms with Gasteiger partial charge in [-0.1, -0.05) is 19.1 Å². The van der Waals surface area contributed by atoms with Gasteiger partial charge in [-0.25, -0.2) is 4.99 Å². The van der Waals surface area contributed by atoms with Crippen LogP contribution < -0.4 is 15.4 Å². The molecule has 168 valence electrons. The van der Waals surface area contributed by atoms with Gasteiger partial charge in [-0.2, -0.15) is 0 Å². The van der Waals surface area contributed by atoms with E-state index in [-0.39, 0.29) is 30.1 Å². The third kappa shape index (κ3) is 13.0. The third-order valence-electron chi connectivity index (χ3n) is 4.32. The van der Waals surface area contributed by atoms with Crippen molar-refractivity contribution in [1.29, 1.82) is 0 Å². The second-order valence-corrected chi connectivity index (χ2v) is 6.88. The highest BCUT2D eigenvalue weighted by Gasteiger charge is 2.08. The number of rotatable bonds is 14. The number of aliphatic imine (C=N–C) groups is 1. The van der Waals surface area contributed by atoms with Gasteiger partial charge in [0, 0.05) is 32.4 Å². The van der Waals surface area contributed by atoms with E-state index in [1.165, 1.54) is 5.56 Å². The van der Waals surface area contributed by atoms with E-state index >= 15 is 0 Å². The number of aryl methyl sites for hydroxylation is 1. The Morgan fingerprint density at radius 2 is 1.90 bits per heavy atom. The van der Waals surface area contributed by atoms with Crippen LogP contribution in [0.3, 0.4) is 0 Å². The summed E-state index contributed by atoms with van der Waals surface area (Å²) in [4.78, 5) is 4.73. The van der Waals surface area contributed by atoms with Crippen LogP contribution in [0.15, 0.2) is 23.2 Å². The molecular formula is C22H40IN3O3. The molecule has 1 atom stereocenters. The maximum Gasteiger partial charge on any atom is 0.191 e. The summed E-state index contributed by atoms with van der Waals surface area (Å²) in [5.74, 6) is 1.76. The summed E-state index contributed by atoms with van der Waals surface area (Å²) in [6, 6.07) is 6.32. The van der Waals surface area contributed by atoms with Crippen molar-refractivity contribution in [2.45, 2.75) is 59.6 Å². The van der Waals surface area contributed by atoms with Crippen LogP contribution in [0, 0.1) is 6.92 Å². The molecule has 1 aromatic rings. The van der Waals surface area contributed by atoms with Crippen LogP contribution >= 0.6 is 24.0 Å². The molecule has 6 nitrogen and oxygen atoms in total. The summed E-state index contributed by atoms with van der Waals surface area (Å²) in [6.07, 6.45) is 3.23. The maximum absolute atomic E-state index is 6.09. The van der Waals surface area contributed by atoms with Gasteiger partial charge in [0.1, 0.15) is 5.75 Å². The molecule has 29 heavy (non-hydrogen) atoms. The minimum atomic E-state index is 0. The highest BCUT2D eigenvalue weighted by atomic mass is 127. The minimum Gasteiger partial charge on any atom is -0.490 e. The molecule has 0 aliphatic carbocycles. The molecule has 0 aliphatic heterocycles. The summed E-state index contributed by atoms with van der Waals surface area (Å²) >= 11 is 0. The lowest BCUT2D eigenvalue weighted by Crippen LogP contribution is -2.37. The molecule has 0 fully saturated rings. The van der Waals surface area contributed by atoms with Gasteiger partial charge >= 0.3 is 0 Å². The molecule has 2 N–H and O–H groups in total. The number of benzene rings is 1. The fourth-order valence-electron chi connectivity index (χ4n) is 2.49. The molecule has 0 amide bonds. The Balaban J connectivity index is 0.00000784. The van der Waals surface area contributed by atoms with Gasteiger partial charge in [0.25, 0.3) is 0 Å². The van der Waals surface area contributed by atoms with Gasteiger partial charge in [-0.05, 0) is 51.7 Å². The zero-order chi connectivity index (χ0) is 20.6. The number of nitrogens with one attached hydrogen (secondary N) is 2. The van der Waals surface area contributed by atoms with E-state index in [0.29, 0.717) is 19.8 Å². The molecule has 0 heterocycles. The predicted octanol–water partition coefficient (Wildman–Crippen LogP) is 4.29. The van der Waals surface area contributed by atoms with Gasteiger partial charge in [0.05, 0.1) is 25.9 Å². The third-order valence-corrected chi connectivity index (χ3v) is 4.32. The first-order chi connectivity index (χ1) is 13.6. The molecule has 0 aliphatic rings. The van der Waals surface area contributed by atoms with Crippen LogP contribution in [-0.2, 0) is 16.0 Å². The number of hydrogen-bond donors (Lipinski definition) is 2. The summed E-state index contributed by atoms with van der Waals surface area (Å²) in [6.45, 7) is 12.7. The quantitative estimate of drug-likeness (QED) is 0.166. The molecule has 1 rings (SSSR count). The van der Waals surface area contributed by atoms with Gasteiger partial charge in [0.15, 0.2) is 5.96 Å². The Morgan fingerprint density at radius 3 is 2.59 bits per heavy atom. The van der Waals surface area contributed by atoms with Crippen molar-refractivity contribution >= 4 is 29.9 Å². The first kappa shape index (κ1) is 27.9. The van der Waals surface area contributed by atoms with E-state index in [1.807, 2.05) is 0 Å². The lowest BCUT2D eigenvalue weighted by Gasteiger charge is -2.17. The molecule has 0 aromatic heterocycles. The normalized spacial score (nSPS) is 12.2. The predicted molar refractivity (Wildman–Crippen MR) is 132 cm³/mol. The standard InChI is InChI=1S/C22H39N3O3.HI/c1-6-19(4)28-21-16-18(3)10-11-20(21)17-25-22(23-7-2)24-12-8-9-13-27-15-14-26-5;/h10-11,16,19H,6-9,12-15,17H2,1-5H3,(H2,23,24,25);1H. The van der Waals surface area contributed by atoms with Gasteiger partial charge in [-0.15, -0.1) is 24.0 Å². The molecule has 1 aromatic carbocycles. The largest absolute Gasteiger partial charge is 0.490 e. The number of hydrogen-bond acceptors (Lipinski definition) is 4. The molecule has 0 bridgehead atoms. The molecular weight excluding hydrogens is 481 g/mol. The lowest BCUT2D eigenvalue weighted by molar-refractivity contribution is 0.0689. The monoisotopic (exact) mass is 521 g/mol. The first-order valence-corrected chi connectivity index (χ1v) is 10.5. The Labute approximate surface area is 194 Å². The number of unbranched alkanes of at least 4 members (excludes halogenated alkanes) is 1. The summed E-state index contributed by atoms with van der Waals surface area (Å²) in [5, 5.41) is 6.70. The second kappa shape index (κ2) is 17.8. The number of ether oxygens (including phenoxy) is 3. The average Bonchev–Trinajstić information content (AvgIpc) is 2.69. The van der Waals surface area contributed by atoms with Crippen LogP contribution in [0.1, 0.15) is 51.2 Å². The van der Waals surface area contributed by atoms with Crippen molar-refractivity contribution in [3.8, 4) is 5.75 Å². The van der Waals surface area contributed by atoms with Gasteiger partial charge in [0.2, 0.25) is 0 Å². The highest BCUT2D eigenvalue weighted by Crippen LogP contribution is 2.23. The van der Waals surface area contributed by atoms with E-state index in [9.17, 15) is 0 Å². The van der Waals surface area contributed by atoms with Crippen molar-refractivity contribution in [2.75, 3.05) is 40.0 Å². The van der Waals surface area contributed by atoms with Crippen molar-refractivity contribution in [1.82, 2.24) is 10.6 Å². The molecule has 0 saturated heterocycles. The van der Waals surface area contributed by atoms with E-state index in [0.717, 1.165) is 56.2 Å². The Kier molecular flexibility index (Phi) is 17.1. The van der Waals surface area contributed by atoms with Crippen molar-refractivity contribution < 1.29 is 14.2 Å². The highest BCUT2D eigenvalue weighted by molar-refractivity contribution is 14.0. The first-order valence-electron chi connectivity index (χ1n) is 10.5. The van der Waals surface area contributed by atoms with Crippen LogP contribution in [-0.4, -0.2) is 52.1 Å². The summed E-state index contributed by atoms with van der Waals surface area (Å²) in [5.41, 5.74) is 2.30. The second-order valence-electron chi connectivity index (χ2n) is 6.88. The van der Waals surface area contributed by atoms with Crippen LogP contribution in [0.25, 0.3) is 0 Å². The fourth-order valence-corrected chi connectivity index (χ4v) is 2.49. The van der Waals surface area contributed by atoms with Gasteiger partial charge in [-0.3, -0.25) is 0 Å². The summed E-state index contributed by atoms with van der Waals surface area (Å²) < 4.78 is 16.5. The number of guanidine groups is 1. The fraction of sp³-hybridized carbons (Fsp3) is 0.682. The SMILES string of the molecule is CCNC(=NCc1ccc(C)cc1OC(C)CC)NCCCCOCCOC.I. The molecule has 0 spiro atoms. The van der Waals surface area contributed by atoms with Crippen molar-refractivity contribution in [3.05, 3.63) is 29.3 Å². The zero-order valence-electron chi connectivity index (χ0n) is 18.8. The Bertz CT molecular complexity index is 570. The molecule has 1 unspecified atom stereocenters. The van der Waals surface area contributed by atoms with Crippen LogP contribution in [0.5, 0.6) is 5.75 Å². The average molecular weight is 521 g/mol.